The summed E-state index contributed by atoms with van der Waals surface area (Å²) < 4.78 is 43.5. The van der Waals surface area contributed by atoms with Crippen LogP contribution in [0.15, 0.2) is 30.9 Å². The monoisotopic (exact) mass is 324 g/mol. The molecule has 0 bridgehead atoms. The molecule has 3 rings (SSSR count). The molecular weight excluding hydrogens is 313 g/mol. The zero-order valence-corrected chi connectivity index (χ0v) is 11.6. The van der Waals surface area contributed by atoms with Crippen LogP contribution in [0.4, 0.5) is 19.0 Å². The minimum absolute atomic E-state index is 0.0105. The van der Waals surface area contributed by atoms with Crippen molar-refractivity contribution in [3.05, 3.63) is 36.4 Å². The molecule has 0 amide bonds. The normalized spacial score (nSPS) is 11.6. The number of fused-ring (bicyclic) bond motifs is 1. The van der Waals surface area contributed by atoms with Gasteiger partial charge in [-0.15, -0.1) is 0 Å². The Morgan fingerprint density at radius 2 is 2.09 bits per heavy atom. The quantitative estimate of drug-likeness (QED) is 0.700. The lowest BCUT2D eigenvalue weighted by Gasteiger charge is -2.12. The maximum absolute atomic E-state index is 12.8. The van der Waals surface area contributed by atoms with Crippen LogP contribution in [0.25, 0.3) is 11.0 Å². The van der Waals surface area contributed by atoms with Crippen LogP contribution in [0, 0.1) is 0 Å². The van der Waals surface area contributed by atoms with E-state index < -0.39 is 17.6 Å². The third-order valence-corrected chi connectivity index (χ3v) is 2.96. The smallest absolute Gasteiger partial charge is 0.421 e. The molecule has 3 aromatic rings. The summed E-state index contributed by atoms with van der Waals surface area (Å²) >= 11 is 0. The summed E-state index contributed by atoms with van der Waals surface area (Å²) in [7, 11) is 0. The topological polar surface area (TPSA) is 88.6 Å². The first-order chi connectivity index (χ1) is 11.1. The third kappa shape index (κ3) is 3.30. The number of pyridine rings is 1. The molecule has 0 unspecified atom stereocenters. The van der Waals surface area contributed by atoms with Crippen molar-refractivity contribution in [2.75, 3.05) is 18.5 Å². The van der Waals surface area contributed by atoms with Crippen LogP contribution in [0.3, 0.4) is 0 Å². The lowest BCUT2D eigenvalue weighted by molar-refractivity contribution is -0.139. The molecule has 0 aliphatic rings. The molecule has 0 saturated heterocycles. The molecule has 3 heterocycles. The Morgan fingerprint density at radius 1 is 1.22 bits per heavy atom. The zero-order valence-electron chi connectivity index (χ0n) is 11.6. The molecule has 0 spiro atoms. The van der Waals surface area contributed by atoms with Crippen molar-refractivity contribution in [2.45, 2.75) is 6.18 Å². The van der Waals surface area contributed by atoms with Crippen molar-refractivity contribution >= 4 is 16.9 Å². The number of alkyl halides is 3. The fraction of sp³-hybridized carbons (Fsp3) is 0.231. The predicted octanol–water partition coefficient (Wildman–Crippen LogP) is 2.26. The number of ether oxygens (including phenoxy) is 1. The Bertz CT molecular complexity index is 804. The Labute approximate surface area is 127 Å². The second kappa shape index (κ2) is 6.07. The summed E-state index contributed by atoms with van der Waals surface area (Å²) in [5.41, 5.74) is -0.341. The van der Waals surface area contributed by atoms with Gasteiger partial charge in [-0.05, 0) is 12.1 Å². The highest BCUT2D eigenvalue weighted by Crippen LogP contribution is 2.34. The number of hydrogen-bond donors (Lipinski definition) is 2. The van der Waals surface area contributed by atoms with E-state index in [1.54, 1.807) is 6.20 Å². The van der Waals surface area contributed by atoms with Gasteiger partial charge in [0.2, 0.25) is 5.88 Å². The van der Waals surface area contributed by atoms with Crippen molar-refractivity contribution in [3.8, 4) is 5.88 Å². The van der Waals surface area contributed by atoms with E-state index in [1.165, 1.54) is 18.6 Å². The van der Waals surface area contributed by atoms with Gasteiger partial charge in [0.15, 0.2) is 5.65 Å². The first-order valence-corrected chi connectivity index (χ1v) is 6.58. The fourth-order valence-electron chi connectivity index (χ4n) is 1.94. The Hall–Kier alpha value is -2.91. The highest BCUT2D eigenvalue weighted by atomic mass is 19.4. The van der Waals surface area contributed by atoms with Gasteiger partial charge in [0.1, 0.15) is 24.3 Å². The Kier molecular flexibility index (Phi) is 3.96. The van der Waals surface area contributed by atoms with E-state index in [2.05, 4.69) is 30.5 Å². The van der Waals surface area contributed by atoms with Gasteiger partial charge in [-0.3, -0.25) is 5.10 Å². The largest absolute Gasteiger partial charge is 0.475 e. The maximum atomic E-state index is 12.8. The number of anilines is 1. The molecule has 0 fully saturated rings. The summed E-state index contributed by atoms with van der Waals surface area (Å²) in [6.45, 7) is 0.231. The van der Waals surface area contributed by atoms with Gasteiger partial charge in [-0.25, -0.2) is 15.0 Å². The molecule has 0 saturated carbocycles. The van der Waals surface area contributed by atoms with Crippen molar-refractivity contribution in [1.82, 2.24) is 25.1 Å². The van der Waals surface area contributed by atoms with E-state index in [0.717, 1.165) is 6.07 Å². The first kappa shape index (κ1) is 15.0. The van der Waals surface area contributed by atoms with Crippen LogP contribution in [0.1, 0.15) is 5.56 Å². The van der Waals surface area contributed by atoms with E-state index >= 15 is 0 Å². The van der Waals surface area contributed by atoms with Crippen LogP contribution in [0.2, 0.25) is 0 Å². The average Bonchev–Trinajstić information content (AvgIpc) is 3.00. The van der Waals surface area contributed by atoms with E-state index in [0.29, 0.717) is 16.9 Å². The summed E-state index contributed by atoms with van der Waals surface area (Å²) in [6.07, 6.45) is -0.354. The van der Waals surface area contributed by atoms with Gasteiger partial charge in [0, 0.05) is 6.20 Å². The number of H-pyrrole nitrogens is 1. The predicted molar refractivity (Wildman–Crippen MR) is 74.9 cm³/mol. The molecule has 0 atom stereocenters. The van der Waals surface area contributed by atoms with Gasteiger partial charge >= 0.3 is 6.18 Å². The van der Waals surface area contributed by atoms with Crippen molar-refractivity contribution in [2.24, 2.45) is 0 Å². The number of nitrogens with one attached hydrogen (secondary N) is 2. The standard InChI is InChI=1S/C13H11F3N6O/c14-13(15,16)9-2-1-3-18-12(9)23-5-4-17-10-8-6-21-22-11(8)20-7-19-10/h1-3,6-7H,4-5H2,(H2,17,19,20,21,22). The molecule has 0 aliphatic heterocycles. The molecule has 120 valence electrons. The van der Waals surface area contributed by atoms with E-state index in [9.17, 15) is 13.2 Å². The van der Waals surface area contributed by atoms with Gasteiger partial charge < -0.3 is 10.1 Å². The van der Waals surface area contributed by atoms with Gasteiger partial charge in [-0.2, -0.15) is 18.3 Å². The summed E-state index contributed by atoms with van der Waals surface area (Å²) in [6, 6.07) is 2.14. The van der Waals surface area contributed by atoms with Crippen LogP contribution in [-0.2, 0) is 6.18 Å². The fourth-order valence-corrected chi connectivity index (χ4v) is 1.94. The highest BCUT2D eigenvalue weighted by molar-refractivity contribution is 5.85. The lowest BCUT2D eigenvalue weighted by Crippen LogP contribution is -2.16. The minimum atomic E-state index is -4.51. The Balaban J connectivity index is 1.62. The van der Waals surface area contributed by atoms with E-state index in [-0.39, 0.29) is 13.2 Å². The van der Waals surface area contributed by atoms with Crippen LogP contribution >= 0.6 is 0 Å². The van der Waals surface area contributed by atoms with Gasteiger partial charge in [0.25, 0.3) is 0 Å². The van der Waals surface area contributed by atoms with Crippen LogP contribution in [0.5, 0.6) is 5.88 Å². The van der Waals surface area contributed by atoms with Crippen LogP contribution < -0.4 is 10.1 Å². The molecule has 2 N–H and O–H groups in total. The number of aromatic nitrogens is 5. The van der Waals surface area contributed by atoms with Crippen molar-refractivity contribution in [3.63, 3.8) is 0 Å². The molecule has 7 nitrogen and oxygen atoms in total. The molecular formula is C13H11F3N6O. The number of nitrogens with zero attached hydrogens (tertiary/aromatic N) is 4. The van der Waals surface area contributed by atoms with Crippen LogP contribution in [-0.4, -0.2) is 38.3 Å². The molecule has 23 heavy (non-hydrogen) atoms. The maximum Gasteiger partial charge on any atom is 0.421 e. The highest BCUT2D eigenvalue weighted by Gasteiger charge is 2.34. The van der Waals surface area contributed by atoms with Crippen molar-refractivity contribution < 1.29 is 17.9 Å². The second-order valence-electron chi connectivity index (χ2n) is 4.48. The number of rotatable bonds is 5. The SMILES string of the molecule is FC(F)(F)c1cccnc1OCCNc1ncnc2[nH]ncc12. The van der Waals surface area contributed by atoms with E-state index in [4.69, 9.17) is 4.74 Å². The van der Waals surface area contributed by atoms with E-state index in [1.807, 2.05) is 0 Å². The summed E-state index contributed by atoms with van der Waals surface area (Å²) in [5, 5.41) is 10.2. The zero-order chi connectivity index (χ0) is 16.3. The van der Waals surface area contributed by atoms with Gasteiger partial charge in [-0.1, -0.05) is 0 Å². The lowest BCUT2D eigenvalue weighted by atomic mass is 10.2. The number of hydrogen-bond acceptors (Lipinski definition) is 6. The molecule has 3 aromatic heterocycles. The minimum Gasteiger partial charge on any atom is -0.475 e. The molecule has 0 aliphatic carbocycles. The molecule has 0 radical (unpaired) electrons. The number of aromatic amines is 1. The van der Waals surface area contributed by atoms with Crippen molar-refractivity contribution in [1.29, 1.82) is 0 Å². The Morgan fingerprint density at radius 3 is 2.91 bits per heavy atom. The molecule has 0 aromatic carbocycles. The summed E-state index contributed by atoms with van der Waals surface area (Å²) in [5.74, 6) is 0.0716. The third-order valence-electron chi connectivity index (χ3n) is 2.96. The number of halogens is 3. The first-order valence-electron chi connectivity index (χ1n) is 6.58. The van der Waals surface area contributed by atoms with Gasteiger partial charge in [0.05, 0.1) is 18.1 Å². The average molecular weight is 324 g/mol. The second-order valence-corrected chi connectivity index (χ2v) is 4.48. The summed E-state index contributed by atoms with van der Waals surface area (Å²) in [4.78, 5) is 11.6. The molecule has 10 heteroatoms.